The Morgan fingerprint density at radius 1 is 0.967 bits per heavy atom. The molecule has 1 saturated carbocycles. The Balaban J connectivity index is 1.37. The molecule has 5 nitrogen and oxygen atoms in total. The van der Waals surface area contributed by atoms with Crippen LogP contribution in [0.5, 0.6) is 0 Å². The first kappa shape index (κ1) is 20.3. The molecule has 0 unspecified atom stereocenters. The maximum absolute atomic E-state index is 12.9. The molecule has 156 valence electrons. The summed E-state index contributed by atoms with van der Waals surface area (Å²) in [5.41, 5.74) is 2.69. The Morgan fingerprint density at radius 2 is 1.60 bits per heavy atom. The first-order chi connectivity index (χ1) is 14.5. The number of rotatable bonds is 5. The van der Waals surface area contributed by atoms with Crippen LogP contribution in [0.15, 0.2) is 54.6 Å². The number of hydrogen-bond donors (Lipinski definition) is 1. The van der Waals surface area contributed by atoms with Gasteiger partial charge in [-0.15, -0.1) is 0 Å². The van der Waals surface area contributed by atoms with Gasteiger partial charge in [-0.1, -0.05) is 73.9 Å². The Morgan fingerprint density at radius 3 is 2.27 bits per heavy atom. The SMILES string of the molecule is C[C@@H](NC(=O)CN1C(=O)CC2(CCCCC2)C1=O)c1ccc(-c2ccccc2)cc1. The molecule has 0 aromatic heterocycles. The second-order valence-electron chi connectivity index (χ2n) is 8.58. The van der Waals surface area contributed by atoms with Crippen molar-refractivity contribution >= 4 is 17.7 Å². The molecule has 2 aliphatic rings. The number of benzene rings is 2. The Hall–Kier alpha value is -2.95. The van der Waals surface area contributed by atoms with E-state index >= 15 is 0 Å². The van der Waals surface area contributed by atoms with Gasteiger partial charge in [-0.25, -0.2) is 0 Å². The van der Waals surface area contributed by atoms with Crippen LogP contribution in [0, 0.1) is 5.41 Å². The third-order valence-electron chi connectivity index (χ3n) is 6.50. The number of carbonyl (C=O) groups excluding carboxylic acids is 3. The van der Waals surface area contributed by atoms with Gasteiger partial charge in [0.2, 0.25) is 17.7 Å². The molecule has 1 aliphatic heterocycles. The van der Waals surface area contributed by atoms with Gasteiger partial charge in [0.1, 0.15) is 6.54 Å². The van der Waals surface area contributed by atoms with Gasteiger partial charge in [0.25, 0.3) is 0 Å². The molecule has 2 aromatic carbocycles. The number of nitrogens with one attached hydrogen (secondary N) is 1. The van der Waals surface area contributed by atoms with Gasteiger partial charge in [0.05, 0.1) is 11.5 Å². The van der Waals surface area contributed by atoms with Crippen molar-refractivity contribution in [2.75, 3.05) is 6.54 Å². The van der Waals surface area contributed by atoms with Crippen LogP contribution >= 0.6 is 0 Å². The van der Waals surface area contributed by atoms with Crippen molar-refractivity contribution in [2.24, 2.45) is 5.41 Å². The van der Waals surface area contributed by atoms with Crippen molar-refractivity contribution in [1.29, 1.82) is 0 Å². The minimum absolute atomic E-state index is 0.151. The standard InChI is InChI=1S/C25H28N2O3/c1-18(19-10-12-21(13-11-19)20-8-4-2-5-9-20)26-22(28)17-27-23(29)16-25(24(27)30)14-6-3-7-15-25/h2,4-5,8-13,18H,3,6-7,14-17H2,1H3,(H,26,28)/t18-/m1/s1. The molecule has 2 aromatic rings. The monoisotopic (exact) mass is 404 g/mol. The van der Waals surface area contributed by atoms with E-state index in [4.69, 9.17) is 0 Å². The first-order valence-corrected chi connectivity index (χ1v) is 10.8. The lowest BCUT2D eigenvalue weighted by Gasteiger charge is -2.30. The minimum atomic E-state index is -0.547. The molecule has 5 heteroatoms. The zero-order valence-corrected chi connectivity index (χ0v) is 17.4. The van der Waals surface area contributed by atoms with E-state index in [0.29, 0.717) is 0 Å². The molecule has 1 aliphatic carbocycles. The van der Waals surface area contributed by atoms with Gasteiger partial charge in [0, 0.05) is 6.42 Å². The van der Waals surface area contributed by atoms with E-state index in [1.165, 1.54) is 4.90 Å². The molecule has 1 heterocycles. The lowest BCUT2D eigenvalue weighted by atomic mass is 9.73. The van der Waals surface area contributed by atoms with Crippen LogP contribution in [0.1, 0.15) is 57.1 Å². The highest BCUT2D eigenvalue weighted by molar-refractivity contribution is 6.08. The molecule has 3 amide bonds. The van der Waals surface area contributed by atoms with Crippen LogP contribution < -0.4 is 5.32 Å². The number of imide groups is 1. The van der Waals surface area contributed by atoms with Crippen LogP contribution in [0.4, 0.5) is 0 Å². The summed E-state index contributed by atoms with van der Waals surface area (Å²) < 4.78 is 0. The highest BCUT2D eigenvalue weighted by Crippen LogP contribution is 2.45. The zero-order valence-electron chi connectivity index (χ0n) is 17.4. The summed E-state index contributed by atoms with van der Waals surface area (Å²) in [5.74, 6) is -0.664. The molecule has 4 rings (SSSR count). The van der Waals surface area contributed by atoms with Crippen LogP contribution in [-0.4, -0.2) is 29.2 Å². The van der Waals surface area contributed by atoms with Crippen molar-refractivity contribution < 1.29 is 14.4 Å². The van der Waals surface area contributed by atoms with Crippen LogP contribution in [0.25, 0.3) is 11.1 Å². The average Bonchev–Trinajstić information content (AvgIpc) is 2.98. The molecule has 2 fully saturated rings. The van der Waals surface area contributed by atoms with E-state index in [0.717, 1.165) is 48.8 Å². The summed E-state index contributed by atoms with van der Waals surface area (Å²) in [6.07, 6.45) is 4.86. The minimum Gasteiger partial charge on any atom is -0.348 e. The van der Waals surface area contributed by atoms with E-state index in [-0.39, 0.29) is 36.7 Å². The molecular formula is C25H28N2O3. The lowest BCUT2D eigenvalue weighted by Crippen LogP contribution is -2.43. The smallest absolute Gasteiger partial charge is 0.240 e. The maximum atomic E-state index is 12.9. The van der Waals surface area contributed by atoms with Crippen LogP contribution in [-0.2, 0) is 14.4 Å². The Bertz CT molecular complexity index is 931. The van der Waals surface area contributed by atoms with Crippen molar-refractivity contribution in [2.45, 2.75) is 51.5 Å². The summed E-state index contributed by atoms with van der Waals surface area (Å²) in [5, 5.41) is 2.93. The van der Waals surface area contributed by atoms with Gasteiger partial charge in [-0.05, 0) is 36.5 Å². The van der Waals surface area contributed by atoms with E-state index in [1.54, 1.807) is 0 Å². The van der Waals surface area contributed by atoms with Crippen LogP contribution in [0.3, 0.4) is 0 Å². The van der Waals surface area contributed by atoms with Crippen molar-refractivity contribution in [3.05, 3.63) is 60.2 Å². The molecule has 30 heavy (non-hydrogen) atoms. The Kier molecular flexibility index (Phi) is 5.71. The van der Waals surface area contributed by atoms with Gasteiger partial charge < -0.3 is 5.32 Å². The predicted octanol–water partition coefficient (Wildman–Crippen LogP) is 4.24. The average molecular weight is 405 g/mol. The van der Waals surface area contributed by atoms with Gasteiger partial charge in [0.15, 0.2) is 0 Å². The number of carbonyl (C=O) groups is 3. The molecule has 0 bridgehead atoms. The fraction of sp³-hybridized carbons (Fsp3) is 0.400. The predicted molar refractivity (Wildman–Crippen MR) is 115 cm³/mol. The van der Waals surface area contributed by atoms with Crippen molar-refractivity contribution in [3.63, 3.8) is 0 Å². The highest BCUT2D eigenvalue weighted by Gasteiger charge is 2.51. The largest absolute Gasteiger partial charge is 0.348 e. The molecule has 1 spiro atoms. The van der Waals surface area contributed by atoms with Crippen LogP contribution in [0.2, 0.25) is 0 Å². The number of likely N-dealkylation sites (tertiary alicyclic amines) is 1. The topological polar surface area (TPSA) is 66.5 Å². The van der Waals surface area contributed by atoms with Gasteiger partial charge in [-0.3, -0.25) is 19.3 Å². The lowest BCUT2D eigenvalue weighted by molar-refractivity contribution is -0.145. The first-order valence-electron chi connectivity index (χ1n) is 10.8. The third kappa shape index (κ3) is 4.02. The number of nitrogens with zero attached hydrogens (tertiary/aromatic N) is 1. The highest BCUT2D eigenvalue weighted by atomic mass is 16.2. The third-order valence-corrected chi connectivity index (χ3v) is 6.50. The summed E-state index contributed by atoms with van der Waals surface area (Å²) in [6, 6.07) is 18.0. The van der Waals surface area contributed by atoms with Crippen molar-refractivity contribution in [3.8, 4) is 11.1 Å². The van der Waals surface area contributed by atoms with E-state index in [9.17, 15) is 14.4 Å². The summed E-state index contributed by atoms with van der Waals surface area (Å²) in [4.78, 5) is 39.1. The van der Waals surface area contributed by atoms with E-state index in [1.807, 2.05) is 49.4 Å². The van der Waals surface area contributed by atoms with Crippen molar-refractivity contribution in [1.82, 2.24) is 10.2 Å². The number of hydrogen-bond acceptors (Lipinski definition) is 3. The summed E-state index contributed by atoms with van der Waals surface area (Å²) in [6.45, 7) is 1.72. The fourth-order valence-corrected chi connectivity index (χ4v) is 4.75. The molecule has 0 radical (unpaired) electrons. The van der Waals surface area contributed by atoms with E-state index < -0.39 is 5.41 Å². The maximum Gasteiger partial charge on any atom is 0.240 e. The molecule has 1 saturated heterocycles. The van der Waals surface area contributed by atoms with Gasteiger partial charge in [-0.2, -0.15) is 0 Å². The number of amides is 3. The quantitative estimate of drug-likeness (QED) is 0.758. The van der Waals surface area contributed by atoms with E-state index in [2.05, 4.69) is 17.4 Å². The second kappa shape index (κ2) is 8.42. The zero-order chi connectivity index (χ0) is 21.1. The molecule has 1 N–H and O–H groups in total. The van der Waals surface area contributed by atoms with Gasteiger partial charge >= 0.3 is 0 Å². The summed E-state index contributed by atoms with van der Waals surface area (Å²) >= 11 is 0. The molecule has 1 atom stereocenters. The Labute approximate surface area is 177 Å². The molecular weight excluding hydrogens is 376 g/mol. The summed E-state index contributed by atoms with van der Waals surface area (Å²) in [7, 11) is 0. The fourth-order valence-electron chi connectivity index (χ4n) is 4.75. The normalized spacial score (nSPS) is 19.2. The second-order valence-corrected chi connectivity index (χ2v) is 8.58.